The van der Waals surface area contributed by atoms with E-state index in [9.17, 15) is 9.59 Å². The summed E-state index contributed by atoms with van der Waals surface area (Å²) >= 11 is 0. The molecule has 2 aliphatic carbocycles. The summed E-state index contributed by atoms with van der Waals surface area (Å²) in [4.78, 5) is 26.7. The number of imide groups is 1. The second-order valence-corrected chi connectivity index (χ2v) is 8.82. The second kappa shape index (κ2) is 7.43. The Morgan fingerprint density at radius 2 is 1.81 bits per heavy atom. The van der Waals surface area contributed by atoms with Crippen molar-refractivity contribution in [3.05, 3.63) is 11.6 Å². The molecule has 2 fully saturated rings. The minimum Gasteiger partial charge on any atom is -0.377 e. The molecule has 7 atom stereocenters. The molecule has 1 saturated heterocycles. The van der Waals surface area contributed by atoms with E-state index in [1.54, 1.807) is 14.2 Å². The summed E-state index contributed by atoms with van der Waals surface area (Å²) in [6.45, 7) is 8.78. The molecule has 0 spiro atoms. The molecular weight excluding hydrogens is 330 g/mol. The van der Waals surface area contributed by atoms with Crippen molar-refractivity contribution in [3.63, 3.8) is 0 Å². The Kier molecular flexibility index (Phi) is 5.59. The third-order valence-electron chi connectivity index (χ3n) is 6.73. The summed E-state index contributed by atoms with van der Waals surface area (Å²) in [6.07, 6.45) is 4.86. The Morgan fingerprint density at radius 1 is 1.15 bits per heavy atom. The molecule has 0 aromatic carbocycles. The largest absolute Gasteiger partial charge is 0.377 e. The van der Waals surface area contributed by atoms with Crippen LogP contribution >= 0.6 is 0 Å². The number of methoxy groups -OCH3 is 1. The number of hydrogen-bond acceptors (Lipinski definition) is 4. The quantitative estimate of drug-likeness (QED) is 0.569. The van der Waals surface area contributed by atoms with Crippen LogP contribution < -0.4 is 0 Å². The van der Waals surface area contributed by atoms with Gasteiger partial charge in [-0.1, -0.05) is 33.3 Å². The van der Waals surface area contributed by atoms with Crippen LogP contribution in [0.25, 0.3) is 0 Å². The fourth-order valence-corrected chi connectivity index (χ4v) is 5.13. The summed E-state index contributed by atoms with van der Waals surface area (Å²) in [6, 6.07) is 0. The van der Waals surface area contributed by atoms with Crippen molar-refractivity contribution < 1.29 is 19.1 Å². The highest BCUT2D eigenvalue weighted by Crippen LogP contribution is 2.43. The van der Waals surface area contributed by atoms with Crippen molar-refractivity contribution in [2.24, 2.45) is 29.6 Å². The first-order valence-electron chi connectivity index (χ1n) is 9.94. The Balaban J connectivity index is 1.90. The van der Waals surface area contributed by atoms with Crippen LogP contribution in [0.1, 0.15) is 47.0 Å². The number of carbonyl (C=O) groups excluding carboxylic acids is 2. The maximum absolute atomic E-state index is 12.8. The normalized spacial score (nSPS) is 40.8. The van der Waals surface area contributed by atoms with Crippen molar-refractivity contribution in [1.82, 2.24) is 4.90 Å². The molecule has 5 heteroatoms. The third kappa shape index (κ3) is 3.24. The number of amides is 2. The van der Waals surface area contributed by atoms with Gasteiger partial charge in [-0.15, -0.1) is 0 Å². The number of likely N-dealkylation sites (tertiary alicyclic amines) is 1. The molecule has 5 nitrogen and oxygen atoms in total. The number of carbonyl (C=O) groups is 2. The number of ether oxygens (including phenoxy) is 2. The number of hydrogen-bond donors (Lipinski definition) is 0. The zero-order chi connectivity index (χ0) is 19.2. The molecule has 1 saturated carbocycles. The summed E-state index contributed by atoms with van der Waals surface area (Å²) < 4.78 is 12.2. The average molecular weight is 363 g/mol. The SMILES string of the molecule is CO[C@@H]1C=C(C)[C@H](O[C@@H]2C[C@H](C)CC[C@H]2C(C)C)[C@@H]2C(=O)N(C)C(=O)[C@@H]21. The monoisotopic (exact) mass is 363 g/mol. The summed E-state index contributed by atoms with van der Waals surface area (Å²) in [7, 11) is 3.17. The summed E-state index contributed by atoms with van der Waals surface area (Å²) in [5, 5.41) is 0. The zero-order valence-corrected chi connectivity index (χ0v) is 16.9. The highest BCUT2D eigenvalue weighted by Gasteiger charge is 2.56. The molecule has 0 aromatic heterocycles. The van der Waals surface area contributed by atoms with Gasteiger partial charge in [0, 0.05) is 14.2 Å². The zero-order valence-electron chi connectivity index (χ0n) is 16.9. The van der Waals surface area contributed by atoms with Crippen LogP contribution in [0.3, 0.4) is 0 Å². The average Bonchev–Trinajstić information content (AvgIpc) is 2.81. The minimum absolute atomic E-state index is 0.135. The number of rotatable bonds is 4. The fraction of sp³-hybridized carbons (Fsp3) is 0.810. The van der Waals surface area contributed by atoms with Gasteiger partial charge >= 0.3 is 0 Å². The first-order chi connectivity index (χ1) is 12.3. The Bertz CT molecular complexity index is 599. The molecule has 0 N–H and O–H groups in total. The highest BCUT2D eigenvalue weighted by atomic mass is 16.5. The third-order valence-corrected chi connectivity index (χ3v) is 6.73. The lowest BCUT2D eigenvalue weighted by atomic mass is 9.74. The minimum atomic E-state index is -0.468. The van der Waals surface area contributed by atoms with Crippen LogP contribution in [0.4, 0.5) is 0 Å². The number of nitrogens with zero attached hydrogens (tertiary/aromatic N) is 1. The van der Waals surface area contributed by atoms with Crippen LogP contribution in [0.15, 0.2) is 11.6 Å². The molecule has 146 valence electrons. The van der Waals surface area contributed by atoms with E-state index in [4.69, 9.17) is 9.47 Å². The van der Waals surface area contributed by atoms with Crippen LogP contribution in [-0.2, 0) is 19.1 Å². The maximum Gasteiger partial charge on any atom is 0.235 e. The van der Waals surface area contributed by atoms with Crippen LogP contribution in [-0.4, -0.2) is 49.2 Å². The maximum atomic E-state index is 12.8. The smallest absolute Gasteiger partial charge is 0.235 e. The van der Waals surface area contributed by atoms with E-state index in [1.807, 2.05) is 13.0 Å². The lowest BCUT2D eigenvalue weighted by molar-refractivity contribution is -0.142. The lowest BCUT2D eigenvalue weighted by Crippen LogP contribution is -2.47. The Hall–Kier alpha value is -1.20. The van der Waals surface area contributed by atoms with Crippen molar-refractivity contribution in [3.8, 4) is 0 Å². The molecule has 0 radical (unpaired) electrons. The van der Waals surface area contributed by atoms with E-state index in [-0.39, 0.29) is 30.1 Å². The molecule has 26 heavy (non-hydrogen) atoms. The molecular formula is C21H33NO4. The van der Waals surface area contributed by atoms with Crippen molar-refractivity contribution >= 4 is 11.8 Å². The van der Waals surface area contributed by atoms with E-state index in [1.165, 1.54) is 17.7 Å². The molecule has 3 aliphatic rings. The molecule has 0 aromatic rings. The molecule has 2 amide bonds. The van der Waals surface area contributed by atoms with Gasteiger partial charge in [0.05, 0.1) is 30.1 Å². The van der Waals surface area contributed by atoms with E-state index >= 15 is 0 Å². The van der Waals surface area contributed by atoms with Gasteiger partial charge in [-0.2, -0.15) is 0 Å². The lowest BCUT2D eigenvalue weighted by Gasteiger charge is -2.42. The predicted octanol–water partition coefficient (Wildman–Crippen LogP) is 3.04. The van der Waals surface area contributed by atoms with Crippen LogP contribution in [0.5, 0.6) is 0 Å². The van der Waals surface area contributed by atoms with E-state index < -0.39 is 11.8 Å². The van der Waals surface area contributed by atoms with Crippen LogP contribution in [0.2, 0.25) is 0 Å². The van der Waals surface area contributed by atoms with Gasteiger partial charge in [-0.3, -0.25) is 14.5 Å². The molecule has 1 aliphatic heterocycles. The first-order valence-corrected chi connectivity index (χ1v) is 9.94. The van der Waals surface area contributed by atoms with E-state index in [0.29, 0.717) is 17.8 Å². The molecule has 0 unspecified atom stereocenters. The van der Waals surface area contributed by atoms with Gasteiger partial charge in [-0.05, 0) is 43.1 Å². The van der Waals surface area contributed by atoms with Gasteiger partial charge in [0.2, 0.25) is 11.8 Å². The van der Waals surface area contributed by atoms with Gasteiger partial charge < -0.3 is 9.47 Å². The van der Waals surface area contributed by atoms with Gasteiger partial charge in [0.25, 0.3) is 0 Å². The summed E-state index contributed by atoms with van der Waals surface area (Å²) in [5.74, 6) is 0.464. The molecule has 0 bridgehead atoms. The highest BCUT2D eigenvalue weighted by molar-refractivity contribution is 6.06. The predicted molar refractivity (Wildman–Crippen MR) is 99.3 cm³/mol. The first kappa shape index (κ1) is 19.6. The Morgan fingerprint density at radius 3 is 2.42 bits per heavy atom. The Labute approximate surface area is 157 Å². The van der Waals surface area contributed by atoms with Crippen molar-refractivity contribution in [2.45, 2.75) is 65.3 Å². The van der Waals surface area contributed by atoms with Crippen LogP contribution in [0, 0.1) is 29.6 Å². The molecule has 3 rings (SSSR count). The standard InChI is InChI=1S/C21H33NO4/c1-11(2)14-8-7-12(3)9-15(14)26-19-13(4)10-16(25-6)17-18(19)21(24)22(5)20(17)23/h10-12,14-19H,7-9H2,1-6H3/t12-,14+,15-,16-,17-,18-,19+/m1/s1. The van der Waals surface area contributed by atoms with Crippen molar-refractivity contribution in [2.75, 3.05) is 14.2 Å². The summed E-state index contributed by atoms with van der Waals surface area (Å²) in [5.41, 5.74) is 1.01. The van der Waals surface area contributed by atoms with E-state index in [2.05, 4.69) is 20.8 Å². The second-order valence-electron chi connectivity index (χ2n) is 8.82. The topological polar surface area (TPSA) is 55.8 Å². The van der Waals surface area contributed by atoms with Gasteiger partial charge in [0.1, 0.15) is 0 Å². The molecule has 1 heterocycles. The van der Waals surface area contributed by atoms with Crippen molar-refractivity contribution in [1.29, 1.82) is 0 Å². The van der Waals surface area contributed by atoms with E-state index in [0.717, 1.165) is 12.0 Å². The van der Waals surface area contributed by atoms with Gasteiger partial charge in [0.15, 0.2) is 0 Å². The number of fused-ring (bicyclic) bond motifs is 1. The van der Waals surface area contributed by atoms with Gasteiger partial charge in [-0.25, -0.2) is 0 Å². The fourth-order valence-electron chi connectivity index (χ4n) is 5.13.